The summed E-state index contributed by atoms with van der Waals surface area (Å²) in [4.78, 5) is 23.1. The minimum atomic E-state index is -0.950. The highest BCUT2D eigenvalue weighted by Gasteiger charge is 2.19. The number of nitrogens with zero attached hydrogens (tertiary/aromatic N) is 1. The van der Waals surface area contributed by atoms with Crippen LogP contribution in [0.4, 0.5) is 0 Å². The number of hydrogen-bond acceptors (Lipinski definition) is 5. The maximum Gasteiger partial charge on any atom is 0.329 e. The third-order valence-corrected chi connectivity index (χ3v) is 2.95. The lowest BCUT2D eigenvalue weighted by molar-refractivity contribution is -0.141. The number of hydrogen-bond donors (Lipinski definition) is 1. The third kappa shape index (κ3) is 5.01. The van der Waals surface area contributed by atoms with Gasteiger partial charge in [-0.2, -0.15) is 5.10 Å². The van der Waals surface area contributed by atoms with E-state index in [2.05, 4.69) is 10.5 Å². The van der Waals surface area contributed by atoms with E-state index in [1.807, 2.05) is 6.07 Å². The van der Waals surface area contributed by atoms with E-state index < -0.39 is 11.3 Å². The van der Waals surface area contributed by atoms with Crippen LogP contribution in [0.2, 0.25) is 0 Å². The third-order valence-electron chi connectivity index (χ3n) is 2.45. The summed E-state index contributed by atoms with van der Waals surface area (Å²) in [5.74, 6) is -0.643. The number of rotatable bonds is 7. The number of ketones is 1. The van der Waals surface area contributed by atoms with Gasteiger partial charge in [-0.3, -0.25) is 9.59 Å². The molecular weight excluding hydrogens is 280 g/mol. The summed E-state index contributed by atoms with van der Waals surface area (Å²) in [7, 11) is 0. The second kappa shape index (κ2) is 8.32. The zero-order valence-electron chi connectivity index (χ0n) is 11.4. The van der Waals surface area contributed by atoms with Crippen molar-refractivity contribution >= 4 is 29.1 Å². The Kier molecular flexibility index (Phi) is 6.73. The minimum Gasteiger partial charge on any atom is -0.465 e. The van der Waals surface area contributed by atoms with Crippen molar-refractivity contribution in [3.63, 3.8) is 0 Å². The Hall–Kier alpha value is -1.88. The largest absolute Gasteiger partial charge is 0.465 e. The van der Waals surface area contributed by atoms with E-state index >= 15 is 0 Å². The van der Waals surface area contributed by atoms with Crippen LogP contribution in [0.1, 0.15) is 24.2 Å². The molecule has 0 aliphatic carbocycles. The number of ether oxygens (including phenoxy) is 1. The molecule has 0 aliphatic rings. The Balaban J connectivity index is 2.48. The van der Waals surface area contributed by atoms with Gasteiger partial charge in [-0.1, -0.05) is 30.3 Å². The number of halogens is 1. The number of hydrazone groups is 1. The Labute approximate surface area is 123 Å². The van der Waals surface area contributed by atoms with Crippen LogP contribution in [0.3, 0.4) is 0 Å². The van der Waals surface area contributed by atoms with Gasteiger partial charge in [-0.05, 0) is 13.8 Å². The normalized spacial score (nSPS) is 12.7. The maximum atomic E-state index is 11.8. The van der Waals surface area contributed by atoms with E-state index in [4.69, 9.17) is 16.3 Å². The van der Waals surface area contributed by atoms with Crippen molar-refractivity contribution < 1.29 is 14.3 Å². The molecular formula is C14H17ClN2O3. The first-order chi connectivity index (χ1) is 9.56. The molecule has 0 saturated carbocycles. The van der Waals surface area contributed by atoms with E-state index in [1.54, 1.807) is 38.1 Å². The van der Waals surface area contributed by atoms with Crippen LogP contribution in [0.15, 0.2) is 35.4 Å². The molecule has 0 bridgehead atoms. The lowest BCUT2D eigenvalue weighted by Crippen LogP contribution is -2.28. The Morgan fingerprint density at radius 2 is 2.00 bits per heavy atom. The van der Waals surface area contributed by atoms with Gasteiger partial charge >= 0.3 is 5.97 Å². The predicted octanol–water partition coefficient (Wildman–Crippen LogP) is 2.01. The van der Waals surface area contributed by atoms with Crippen molar-refractivity contribution in [2.45, 2.75) is 19.2 Å². The molecule has 1 unspecified atom stereocenters. The van der Waals surface area contributed by atoms with Crippen molar-refractivity contribution in [1.29, 1.82) is 0 Å². The zero-order valence-corrected chi connectivity index (χ0v) is 12.2. The van der Waals surface area contributed by atoms with E-state index in [9.17, 15) is 9.59 Å². The highest BCUT2D eigenvalue weighted by molar-refractivity contribution is 6.41. The lowest BCUT2D eigenvalue weighted by atomic mass is 10.1. The molecule has 0 fully saturated rings. The second-order valence-electron chi connectivity index (χ2n) is 3.99. The summed E-state index contributed by atoms with van der Waals surface area (Å²) in [6.07, 6.45) is 0. The summed E-state index contributed by atoms with van der Waals surface area (Å²) < 4.78 is 4.78. The van der Waals surface area contributed by atoms with Crippen LogP contribution in [0.5, 0.6) is 0 Å². The molecule has 1 aromatic rings. The molecule has 1 atom stereocenters. The Morgan fingerprint density at radius 3 is 2.60 bits per heavy atom. The van der Waals surface area contributed by atoms with Crippen molar-refractivity contribution in [3.05, 3.63) is 35.9 Å². The molecule has 0 radical (unpaired) electrons. The van der Waals surface area contributed by atoms with Crippen molar-refractivity contribution in [2.75, 3.05) is 13.2 Å². The van der Waals surface area contributed by atoms with Gasteiger partial charge in [-0.15, -0.1) is 11.6 Å². The maximum absolute atomic E-state index is 11.8. The average molecular weight is 297 g/mol. The van der Waals surface area contributed by atoms with Crippen LogP contribution in [0, 0.1) is 0 Å². The molecule has 6 heteroatoms. The Bertz CT molecular complexity index is 488. The predicted molar refractivity (Wildman–Crippen MR) is 78.2 cm³/mol. The fourth-order valence-corrected chi connectivity index (χ4v) is 1.52. The molecule has 1 rings (SSSR count). The second-order valence-corrected chi connectivity index (χ2v) is 4.43. The van der Waals surface area contributed by atoms with Crippen molar-refractivity contribution in [3.8, 4) is 0 Å². The van der Waals surface area contributed by atoms with E-state index in [-0.39, 0.29) is 18.9 Å². The molecule has 5 nitrogen and oxygen atoms in total. The fraction of sp³-hybridized carbons (Fsp3) is 0.357. The average Bonchev–Trinajstić information content (AvgIpc) is 2.47. The molecule has 0 aromatic heterocycles. The quantitative estimate of drug-likeness (QED) is 0.275. The first kappa shape index (κ1) is 16.2. The van der Waals surface area contributed by atoms with E-state index in [1.165, 1.54) is 0 Å². The summed E-state index contributed by atoms with van der Waals surface area (Å²) in [6.45, 7) is 3.59. The number of carbonyl (C=O) groups excluding carboxylic acids is 2. The van der Waals surface area contributed by atoms with Gasteiger partial charge in [0.2, 0.25) is 0 Å². The molecule has 20 heavy (non-hydrogen) atoms. The fourth-order valence-electron chi connectivity index (χ4n) is 1.40. The standard InChI is InChI=1S/C14H17ClN2O3/c1-3-20-14(19)13(15)10(2)17-16-9-12(18)11-7-5-4-6-8-11/h4-8,13,16H,3,9H2,1-2H3/b17-10+. The highest BCUT2D eigenvalue weighted by Crippen LogP contribution is 2.02. The number of nitrogens with one attached hydrogen (secondary N) is 1. The molecule has 1 N–H and O–H groups in total. The van der Waals surface area contributed by atoms with Gasteiger partial charge < -0.3 is 10.2 Å². The van der Waals surface area contributed by atoms with Gasteiger partial charge in [0, 0.05) is 5.56 Å². The van der Waals surface area contributed by atoms with Crippen molar-refractivity contribution in [1.82, 2.24) is 5.43 Å². The van der Waals surface area contributed by atoms with Gasteiger partial charge in [0.15, 0.2) is 11.2 Å². The molecule has 0 amide bonds. The molecule has 0 aliphatic heterocycles. The van der Waals surface area contributed by atoms with Crippen LogP contribution < -0.4 is 5.43 Å². The smallest absolute Gasteiger partial charge is 0.329 e. The van der Waals surface area contributed by atoms with Crippen molar-refractivity contribution in [2.24, 2.45) is 5.10 Å². The molecule has 0 heterocycles. The van der Waals surface area contributed by atoms with Crippen LogP contribution >= 0.6 is 11.6 Å². The monoisotopic (exact) mass is 296 g/mol. The van der Waals surface area contributed by atoms with Crippen LogP contribution in [-0.2, 0) is 9.53 Å². The van der Waals surface area contributed by atoms with Crippen LogP contribution in [-0.4, -0.2) is 36.0 Å². The van der Waals surface area contributed by atoms with Gasteiger partial charge in [0.05, 0.1) is 18.9 Å². The number of carbonyl (C=O) groups is 2. The lowest BCUT2D eigenvalue weighted by Gasteiger charge is -2.08. The van der Waals surface area contributed by atoms with Gasteiger partial charge in [0.1, 0.15) is 0 Å². The summed E-state index contributed by atoms with van der Waals surface area (Å²) in [5, 5.41) is 2.96. The molecule has 0 spiro atoms. The SMILES string of the molecule is CCOC(=O)C(Cl)/C(C)=N/NCC(=O)c1ccccc1. The summed E-state index contributed by atoms with van der Waals surface area (Å²) in [5.41, 5.74) is 3.56. The number of Topliss-reactive ketones (excluding diaryl/α,β-unsaturated/α-hetero) is 1. The zero-order chi connectivity index (χ0) is 15.0. The highest BCUT2D eigenvalue weighted by atomic mass is 35.5. The molecule has 0 saturated heterocycles. The van der Waals surface area contributed by atoms with E-state index in [0.717, 1.165) is 0 Å². The Morgan fingerprint density at radius 1 is 1.35 bits per heavy atom. The number of benzene rings is 1. The molecule has 108 valence electrons. The summed E-state index contributed by atoms with van der Waals surface area (Å²) >= 11 is 5.86. The summed E-state index contributed by atoms with van der Waals surface area (Å²) in [6, 6.07) is 8.87. The first-order valence-electron chi connectivity index (χ1n) is 6.22. The van der Waals surface area contributed by atoms with Gasteiger partial charge in [0.25, 0.3) is 0 Å². The van der Waals surface area contributed by atoms with Gasteiger partial charge in [-0.25, -0.2) is 0 Å². The topological polar surface area (TPSA) is 67.8 Å². The molecule has 1 aromatic carbocycles. The minimum absolute atomic E-state index is 0.0355. The number of alkyl halides is 1. The number of esters is 1. The van der Waals surface area contributed by atoms with Crippen LogP contribution in [0.25, 0.3) is 0 Å². The first-order valence-corrected chi connectivity index (χ1v) is 6.66. The van der Waals surface area contributed by atoms with E-state index in [0.29, 0.717) is 11.3 Å².